The highest BCUT2D eigenvalue weighted by atomic mass is 16.5. The second-order valence-electron chi connectivity index (χ2n) is 5.99. The van der Waals surface area contributed by atoms with E-state index in [1.54, 1.807) is 0 Å². The Kier molecular flexibility index (Phi) is 4.08. The Morgan fingerprint density at radius 3 is 2.61 bits per heavy atom. The van der Waals surface area contributed by atoms with Gasteiger partial charge in [0.1, 0.15) is 0 Å². The van der Waals surface area contributed by atoms with Gasteiger partial charge in [0.05, 0.1) is 12.7 Å². The van der Waals surface area contributed by atoms with Gasteiger partial charge in [-0.3, -0.25) is 0 Å². The molecule has 2 unspecified atom stereocenters. The Bertz CT molecular complexity index is 374. The van der Waals surface area contributed by atoms with Crippen LogP contribution in [-0.2, 0) is 11.3 Å². The zero-order valence-electron chi connectivity index (χ0n) is 12.0. The Balaban J connectivity index is 1.94. The number of ether oxygens (including phenoxy) is 1. The zero-order valence-corrected chi connectivity index (χ0v) is 12.0. The molecule has 18 heavy (non-hydrogen) atoms. The van der Waals surface area contributed by atoms with Gasteiger partial charge in [0.25, 0.3) is 0 Å². The molecule has 0 bridgehead atoms. The highest BCUT2D eigenvalue weighted by molar-refractivity contribution is 5.13. The van der Waals surface area contributed by atoms with Crippen molar-refractivity contribution >= 4 is 0 Å². The molecule has 0 amide bonds. The maximum atomic E-state index is 6.14. The van der Waals surface area contributed by atoms with E-state index in [-0.39, 0.29) is 5.54 Å². The summed E-state index contributed by atoms with van der Waals surface area (Å²) in [5.41, 5.74) is 1.49. The molecule has 1 aromatic rings. The van der Waals surface area contributed by atoms with Crippen molar-refractivity contribution in [2.24, 2.45) is 5.92 Å². The summed E-state index contributed by atoms with van der Waals surface area (Å²) in [6.07, 6.45) is 1.50. The first-order chi connectivity index (χ1) is 8.51. The highest BCUT2D eigenvalue weighted by Crippen LogP contribution is 2.33. The molecule has 0 aliphatic carbocycles. The lowest BCUT2D eigenvalue weighted by Gasteiger charge is -2.48. The summed E-state index contributed by atoms with van der Waals surface area (Å²) in [5.74, 6) is 0.556. The first kappa shape index (κ1) is 13.6. The third-order valence-corrected chi connectivity index (χ3v) is 4.71. The fourth-order valence-electron chi connectivity index (χ4n) is 2.67. The number of hydrogen-bond donors (Lipinski definition) is 0. The maximum absolute atomic E-state index is 6.14. The Hall–Kier alpha value is -0.860. The highest BCUT2D eigenvalue weighted by Gasteiger charge is 2.39. The van der Waals surface area contributed by atoms with E-state index in [1.165, 1.54) is 5.56 Å². The van der Waals surface area contributed by atoms with Crippen LogP contribution in [0.4, 0.5) is 0 Å². The fourth-order valence-corrected chi connectivity index (χ4v) is 2.67. The Morgan fingerprint density at radius 1 is 1.28 bits per heavy atom. The van der Waals surface area contributed by atoms with Gasteiger partial charge in [-0.05, 0) is 32.9 Å². The Morgan fingerprint density at radius 2 is 1.94 bits per heavy atom. The van der Waals surface area contributed by atoms with Gasteiger partial charge in [0, 0.05) is 18.0 Å². The molecule has 0 N–H and O–H groups in total. The van der Waals surface area contributed by atoms with Crippen LogP contribution in [-0.4, -0.2) is 30.1 Å². The molecule has 1 aromatic carbocycles. The molecular formula is C16H25NO. The van der Waals surface area contributed by atoms with Gasteiger partial charge < -0.3 is 9.64 Å². The lowest BCUT2D eigenvalue weighted by molar-refractivity contribution is -0.0850. The van der Waals surface area contributed by atoms with E-state index < -0.39 is 0 Å². The van der Waals surface area contributed by atoms with Crippen LogP contribution in [0.1, 0.15) is 32.8 Å². The molecule has 2 nitrogen and oxygen atoms in total. The molecule has 0 spiro atoms. The molecule has 1 aliphatic rings. The second-order valence-corrected chi connectivity index (χ2v) is 5.99. The predicted octanol–water partition coefficient (Wildman–Crippen LogP) is 3.32. The smallest absolute Gasteiger partial charge is 0.0720 e. The van der Waals surface area contributed by atoms with Crippen molar-refractivity contribution in [2.75, 3.05) is 13.6 Å². The lowest BCUT2D eigenvalue weighted by atomic mass is 9.79. The molecule has 100 valence electrons. The van der Waals surface area contributed by atoms with E-state index in [1.807, 2.05) is 6.07 Å². The van der Waals surface area contributed by atoms with E-state index in [0.717, 1.165) is 19.6 Å². The van der Waals surface area contributed by atoms with E-state index >= 15 is 0 Å². The minimum absolute atomic E-state index is 0.222. The Labute approximate surface area is 111 Å². The molecule has 1 heterocycles. The summed E-state index contributed by atoms with van der Waals surface area (Å²) in [5, 5.41) is 0. The van der Waals surface area contributed by atoms with Crippen molar-refractivity contribution in [1.82, 2.24) is 4.90 Å². The van der Waals surface area contributed by atoms with Gasteiger partial charge in [0.2, 0.25) is 0 Å². The number of hydrogen-bond acceptors (Lipinski definition) is 2. The van der Waals surface area contributed by atoms with Crippen LogP contribution in [0, 0.1) is 5.92 Å². The normalized spacial score (nSPS) is 28.2. The summed E-state index contributed by atoms with van der Waals surface area (Å²) in [4.78, 5) is 2.44. The minimum atomic E-state index is 0.222. The van der Waals surface area contributed by atoms with Gasteiger partial charge >= 0.3 is 0 Å². The average molecular weight is 247 g/mol. The molecule has 2 atom stereocenters. The quantitative estimate of drug-likeness (QED) is 0.812. The van der Waals surface area contributed by atoms with Crippen molar-refractivity contribution in [2.45, 2.75) is 45.4 Å². The monoisotopic (exact) mass is 247 g/mol. The van der Waals surface area contributed by atoms with Crippen LogP contribution in [0.2, 0.25) is 0 Å². The summed E-state index contributed by atoms with van der Waals surface area (Å²) >= 11 is 0. The van der Waals surface area contributed by atoms with Crippen molar-refractivity contribution in [3.8, 4) is 0 Å². The van der Waals surface area contributed by atoms with E-state index in [0.29, 0.717) is 12.0 Å². The van der Waals surface area contributed by atoms with Gasteiger partial charge in [-0.2, -0.15) is 0 Å². The topological polar surface area (TPSA) is 12.5 Å². The summed E-state index contributed by atoms with van der Waals surface area (Å²) in [6.45, 7) is 8.79. The van der Waals surface area contributed by atoms with Crippen LogP contribution in [0.5, 0.6) is 0 Å². The first-order valence-corrected chi connectivity index (χ1v) is 6.88. The second kappa shape index (κ2) is 5.41. The number of nitrogens with zero attached hydrogens (tertiary/aromatic N) is 1. The van der Waals surface area contributed by atoms with Gasteiger partial charge in [-0.25, -0.2) is 0 Å². The molecule has 0 saturated carbocycles. The lowest BCUT2D eigenvalue weighted by Crippen LogP contribution is -2.55. The maximum Gasteiger partial charge on any atom is 0.0720 e. The summed E-state index contributed by atoms with van der Waals surface area (Å²) < 4.78 is 6.14. The number of benzene rings is 1. The zero-order chi connectivity index (χ0) is 13.2. The van der Waals surface area contributed by atoms with Crippen molar-refractivity contribution in [1.29, 1.82) is 0 Å². The van der Waals surface area contributed by atoms with E-state index in [2.05, 4.69) is 57.0 Å². The fraction of sp³-hybridized carbons (Fsp3) is 0.625. The van der Waals surface area contributed by atoms with Gasteiger partial charge in [-0.1, -0.05) is 37.3 Å². The van der Waals surface area contributed by atoms with Crippen LogP contribution in [0.3, 0.4) is 0 Å². The van der Waals surface area contributed by atoms with Crippen molar-refractivity contribution in [3.05, 3.63) is 35.9 Å². The molecule has 2 heteroatoms. The van der Waals surface area contributed by atoms with E-state index in [4.69, 9.17) is 4.74 Å². The molecule has 0 radical (unpaired) electrons. The molecule has 0 aromatic heterocycles. The van der Waals surface area contributed by atoms with Crippen LogP contribution in [0.15, 0.2) is 30.3 Å². The number of rotatable bonds is 3. The predicted molar refractivity (Wildman–Crippen MR) is 75.5 cm³/mol. The molecule has 1 aliphatic heterocycles. The number of likely N-dealkylation sites (tertiary alicyclic amines) is 1. The van der Waals surface area contributed by atoms with Crippen molar-refractivity contribution < 1.29 is 4.74 Å². The van der Waals surface area contributed by atoms with Crippen molar-refractivity contribution in [3.63, 3.8) is 0 Å². The molecule has 2 rings (SSSR count). The van der Waals surface area contributed by atoms with Crippen LogP contribution in [0.25, 0.3) is 0 Å². The van der Waals surface area contributed by atoms with E-state index in [9.17, 15) is 0 Å². The standard InChI is InChI=1S/C16H25NO/c1-13-15(10-11-17(4)16(13,2)3)18-12-14-8-6-5-7-9-14/h5-9,13,15H,10-12H2,1-4H3. The molecule has 1 fully saturated rings. The summed E-state index contributed by atoms with van der Waals surface area (Å²) in [7, 11) is 2.21. The SMILES string of the molecule is CC1C(OCc2ccccc2)CCN(C)C1(C)C. The first-order valence-electron chi connectivity index (χ1n) is 6.88. The summed E-state index contributed by atoms with van der Waals surface area (Å²) in [6, 6.07) is 10.4. The molecular weight excluding hydrogens is 222 g/mol. The largest absolute Gasteiger partial charge is 0.373 e. The third-order valence-electron chi connectivity index (χ3n) is 4.71. The average Bonchev–Trinajstić information content (AvgIpc) is 2.37. The van der Waals surface area contributed by atoms with Gasteiger partial charge in [0.15, 0.2) is 0 Å². The number of piperidine rings is 1. The van der Waals surface area contributed by atoms with Crippen LogP contribution >= 0.6 is 0 Å². The third kappa shape index (κ3) is 2.76. The van der Waals surface area contributed by atoms with Crippen LogP contribution < -0.4 is 0 Å². The molecule has 1 saturated heterocycles. The minimum Gasteiger partial charge on any atom is -0.373 e. The van der Waals surface area contributed by atoms with Gasteiger partial charge in [-0.15, -0.1) is 0 Å².